The van der Waals surface area contributed by atoms with Crippen molar-refractivity contribution in [3.8, 4) is 0 Å². The lowest BCUT2D eigenvalue weighted by atomic mass is 9.93. The molecule has 4 rings (SSSR count). The van der Waals surface area contributed by atoms with Crippen molar-refractivity contribution in [3.63, 3.8) is 0 Å². The Morgan fingerprint density at radius 3 is 2.57 bits per heavy atom. The van der Waals surface area contributed by atoms with Crippen molar-refractivity contribution in [1.29, 1.82) is 0 Å². The van der Waals surface area contributed by atoms with Gasteiger partial charge in [0.2, 0.25) is 0 Å². The minimum absolute atomic E-state index is 0.114. The van der Waals surface area contributed by atoms with Crippen molar-refractivity contribution in [1.82, 2.24) is 9.88 Å². The van der Waals surface area contributed by atoms with Crippen LogP contribution >= 0.6 is 11.6 Å². The van der Waals surface area contributed by atoms with Crippen molar-refractivity contribution in [2.45, 2.75) is 25.2 Å². The normalized spacial score (nSPS) is 16.8. The van der Waals surface area contributed by atoms with E-state index in [0.717, 1.165) is 54.3 Å². The quantitative estimate of drug-likeness (QED) is 0.602. The number of likely N-dealkylation sites (tertiary alicyclic amines) is 1. The third kappa shape index (κ3) is 4.42. The molecule has 1 atom stereocenters. The average Bonchev–Trinajstić information content (AvgIpc) is 2.76. The summed E-state index contributed by atoms with van der Waals surface area (Å²) in [4.78, 5) is 19.7. The second kappa shape index (κ2) is 8.57. The molecular formula is C24H23ClN2O. The van der Waals surface area contributed by atoms with Crippen molar-refractivity contribution in [2.75, 3.05) is 13.1 Å². The number of benzene rings is 2. The van der Waals surface area contributed by atoms with E-state index >= 15 is 0 Å². The number of carbonyl (C=O) groups is 1. The van der Waals surface area contributed by atoms with Gasteiger partial charge in [0.25, 0.3) is 5.91 Å². The number of halogens is 1. The van der Waals surface area contributed by atoms with Crippen LogP contribution < -0.4 is 0 Å². The Hall–Kier alpha value is -2.65. The standard InChI is InChI=1S/C24H23ClN2O/c25-21-13-11-18(12-14-21)16-22-9-4-10-23(26-22)20-8-5-15-27(17-20)24(28)19-6-2-1-3-7-19/h1-4,6-7,9-14,20H,5,8,15-17H2/t20-/m1/s1. The molecule has 0 bridgehead atoms. The highest BCUT2D eigenvalue weighted by molar-refractivity contribution is 6.30. The number of hydrogen-bond acceptors (Lipinski definition) is 2. The van der Waals surface area contributed by atoms with Crippen LogP contribution in [0.25, 0.3) is 0 Å². The van der Waals surface area contributed by atoms with Gasteiger partial charge in [-0.05, 0) is 54.8 Å². The minimum atomic E-state index is 0.114. The number of pyridine rings is 1. The average molecular weight is 391 g/mol. The van der Waals surface area contributed by atoms with Gasteiger partial charge in [0.15, 0.2) is 0 Å². The highest BCUT2D eigenvalue weighted by Crippen LogP contribution is 2.27. The molecule has 0 aliphatic carbocycles. The number of amides is 1. The maximum atomic E-state index is 12.8. The van der Waals surface area contributed by atoms with E-state index in [4.69, 9.17) is 16.6 Å². The Labute approximate surface area is 171 Å². The highest BCUT2D eigenvalue weighted by Gasteiger charge is 2.26. The minimum Gasteiger partial charge on any atom is -0.338 e. The summed E-state index contributed by atoms with van der Waals surface area (Å²) in [5.74, 6) is 0.397. The molecule has 0 N–H and O–H groups in total. The Balaban J connectivity index is 1.47. The lowest BCUT2D eigenvalue weighted by Gasteiger charge is -2.32. The molecule has 1 aliphatic rings. The first-order valence-corrected chi connectivity index (χ1v) is 10.1. The van der Waals surface area contributed by atoms with Gasteiger partial charge in [0, 0.05) is 47.4 Å². The molecule has 0 unspecified atom stereocenters. The topological polar surface area (TPSA) is 33.2 Å². The first-order valence-electron chi connectivity index (χ1n) is 9.73. The van der Waals surface area contributed by atoms with E-state index in [0.29, 0.717) is 0 Å². The lowest BCUT2D eigenvalue weighted by Crippen LogP contribution is -2.39. The molecule has 1 saturated heterocycles. The van der Waals surface area contributed by atoms with Crippen molar-refractivity contribution < 1.29 is 4.79 Å². The van der Waals surface area contributed by atoms with E-state index in [1.807, 2.05) is 59.5 Å². The van der Waals surface area contributed by atoms with Crippen LogP contribution in [0.3, 0.4) is 0 Å². The molecule has 0 saturated carbocycles. The Bertz CT molecular complexity index is 940. The molecule has 4 heteroatoms. The van der Waals surface area contributed by atoms with Gasteiger partial charge in [-0.1, -0.05) is 48.0 Å². The largest absolute Gasteiger partial charge is 0.338 e. The van der Waals surface area contributed by atoms with Gasteiger partial charge in [-0.3, -0.25) is 9.78 Å². The van der Waals surface area contributed by atoms with Gasteiger partial charge in [-0.2, -0.15) is 0 Å². The molecule has 3 nitrogen and oxygen atoms in total. The van der Waals surface area contributed by atoms with Gasteiger partial charge >= 0.3 is 0 Å². The summed E-state index contributed by atoms with van der Waals surface area (Å²) >= 11 is 5.98. The fourth-order valence-corrected chi connectivity index (χ4v) is 3.93. The molecule has 3 aromatic rings. The van der Waals surface area contributed by atoms with Gasteiger partial charge in [0.1, 0.15) is 0 Å². The number of piperidine rings is 1. The molecule has 2 aromatic carbocycles. The fraction of sp³-hybridized carbons (Fsp3) is 0.250. The van der Waals surface area contributed by atoms with Crippen LogP contribution in [0.4, 0.5) is 0 Å². The fourth-order valence-electron chi connectivity index (χ4n) is 3.80. The molecule has 0 spiro atoms. The van der Waals surface area contributed by atoms with E-state index in [2.05, 4.69) is 18.2 Å². The SMILES string of the molecule is O=C(c1ccccc1)N1CCC[C@@H](c2cccc(Cc3ccc(Cl)cc3)n2)C1. The third-order valence-electron chi connectivity index (χ3n) is 5.27. The summed E-state index contributed by atoms with van der Waals surface area (Å²) in [6, 6.07) is 23.7. The van der Waals surface area contributed by atoms with Gasteiger partial charge in [-0.15, -0.1) is 0 Å². The van der Waals surface area contributed by atoms with Gasteiger partial charge in [0.05, 0.1) is 0 Å². The smallest absolute Gasteiger partial charge is 0.253 e. The number of hydrogen-bond donors (Lipinski definition) is 0. The zero-order valence-electron chi connectivity index (χ0n) is 15.7. The predicted octanol–water partition coefficient (Wildman–Crippen LogP) is 5.35. The Kier molecular flexibility index (Phi) is 5.73. The molecule has 1 aliphatic heterocycles. The molecule has 142 valence electrons. The van der Waals surface area contributed by atoms with Crippen LogP contribution in [0, 0.1) is 0 Å². The Morgan fingerprint density at radius 1 is 1.00 bits per heavy atom. The molecule has 0 radical (unpaired) electrons. The van der Waals surface area contributed by atoms with Crippen molar-refractivity contribution in [2.24, 2.45) is 0 Å². The monoisotopic (exact) mass is 390 g/mol. The summed E-state index contributed by atoms with van der Waals surface area (Å²) < 4.78 is 0. The van der Waals surface area contributed by atoms with E-state index in [1.54, 1.807) is 0 Å². The van der Waals surface area contributed by atoms with Crippen molar-refractivity contribution >= 4 is 17.5 Å². The summed E-state index contributed by atoms with van der Waals surface area (Å²) in [6.07, 6.45) is 2.85. The summed E-state index contributed by atoms with van der Waals surface area (Å²) in [7, 11) is 0. The summed E-state index contributed by atoms with van der Waals surface area (Å²) in [6.45, 7) is 1.54. The van der Waals surface area contributed by atoms with Crippen LogP contribution in [-0.4, -0.2) is 28.9 Å². The van der Waals surface area contributed by atoms with E-state index in [-0.39, 0.29) is 11.8 Å². The summed E-state index contributed by atoms with van der Waals surface area (Å²) in [5.41, 5.74) is 4.08. The first kappa shape index (κ1) is 18.7. The van der Waals surface area contributed by atoms with Gasteiger partial charge < -0.3 is 4.90 Å². The van der Waals surface area contributed by atoms with E-state index in [9.17, 15) is 4.79 Å². The van der Waals surface area contributed by atoms with E-state index in [1.165, 1.54) is 5.56 Å². The number of aromatic nitrogens is 1. The van der Waals surface area contributed by atoms with Crippen molar-refractivity contribution in [3.05, 3.63) is 100 Å². The molecule has 28 heavy (non-hydrogen) atoms. The molecule has 1 aromatic heterocycles. The molecule has 1 fully saturated rings. The van der Waals surface area contributed by atoms with Gasteiger partial charge in [-0.25, -0.2) is 0 Å². The zero-order chi connectivity index (χ0) is 19.3. The Morgan fingerprint density at radius 2 is 1.79 bits per heavy atom. The van der Waals surface area contributed by atoms with E-state index < -0.39 is 0 Å². The lowest BCUT2D eigenvalue weighted by molar-refractivity contribution is 0.0706. The first-order chi connectivity index (χ1) is 13.7. The maximum Gasteiger partial charge on any atom is 0.253 e. The van der Waals surface area contributed by atoms with Crippen LogP contribution in [-0.2, 0) is 6.42 Å². The second-order valence-corrected chi connectivity index (χ2v) is 7.75. The van der Waals surface area contributed by atoms with Crippen LogP contribution in [0.1, 0.15) is 46.1 Å². The molecule has 1 amide bonds. The molecule has 2 heterocycles. The number of rotatable bonds is 4. The number of nitrogens with zero attached hydrogens (tertiary/aromatic N) is 2. The zero-order valence-corrected chi connectivity index (χ0v) is 16.5. The second-order valence-electron chi connectivity index (χ2n) is 7.31. The third-order valence-corrected chi connectivity index (χ3v) is 5.53. The van der Waals surface area contributed by atoms with Crippen LogP contribution in [0.2, 0.25) is 5.02 Å². The summed E-state index contributed by atoms with van der Waals surface area (Å²) in [5, 5.41) is 0.746. The number of carbonyl (C=O) groups excluding carboxylic acids is 1. The maximum absolute atomic E-state index is 12.8. The van der Waals surface area contributed by atoms with Crippen LogP contribution in [0.5, 0.6) is 0 Å². The van der Waals surface area contributed by atoms with Crippen LogP contribution in [0.15, 0.2) is 72.8 Å². The molecular weight excluding hydrogens is 368 g/mol. The highest BCUT2D eigenvalue weighted by atomic mass is 35.5. The predicted molar refractivity (Wildman–Crippen MR) is 113 cm³/mol.